The third-order valence-corrected chi connectivity index (χ3v) is 11.8. The van der Waals surface area contributed by atoms with Gasteiger partial charge in [0.05, 0.1) is 5.41 Å². The van der Waals surface area contributed by atoms with Crippen molar-refractivity contribution in [3.05, 3.63) is 180 Å². The molecule has 1 atom stereocenters. The third kappa shape index (κ3) is 3.02. The highest BCUT2D eigenvalue weighted by atomic mass is 32.2. The Bertz CT molecular complexity index is 2610. The normalized spacial score (nSPS) is 16.3. The summed E-state index contributed by atoms with van der Waals surface area (Å²) in [6, 6.07) is 59.5. The van der Waals surface area contributed by atoms with Crippen LogP contribution in [0, 0.1) is 0 Å². The van der Waals surface area contributed by atoms with Gasteiger partial charge in [0.15, 0.2) is 0 Å². The zero-order valence-electron chi connectivity index (χ0n) is 24.9. The lowest BCUT2D eigenvalue weighted by molar-refractivity contribution is 0.801. The highest BCUT2D eigenvalue weighted by Crippen LogP contribution is 2.64. The fourth-order valence-electron chi connectivity index (χ4n) is 8.85. The summed E-state index contributed by atoms with van der Waals surface area (Å²) in [7, 11) is 0. The van der Waals surface area contributed by atoms with Crippen molar-refractivity contribution in [1.82, 2.24) is 0 Å². The van der Waals surface area contributed by atoms with Crippen LogP contribution in [-0.2, 0) is 5.41 Å². The molecule has 0 radical (unpaired) electrons. The maximum Gasteiger partial charge on any atom is 0.0731 e. The van der Waals surface area contributed by atoms with E-state index in [1.807, 2.05) is 11.8 Å². The van der Waals surface area contributed by atoms with Gasteiger partial charge in [-0.15, -0.1) is 0 Å². The van der Waals surface area contributed by atoms with Gasteiger partial charge in [-0.05, 0) is 107 Å². The van der Waals surface area contributed by atoms with Crippen molar-refractivity contribution in [2.75, 3.05) is 0 Å². The molecular weight excluding hydrogens is 573 g/mol. The molecule has 1 heterocycles. The lowest BCUT2D eigenvalue weighted by Gasteiger charge is -2.31. The first-order valence-corrected chi connectivity index (χ1v) is 16.8. The molecule has 11 rings (SSSR count). The molecule has 8 aromatic carbocycles. The Morgan fingerprint density at radius 3 is 1.89 bits per heavy atom. The molecule has 2 aliphatic carbocycles. The monoisotopic (exact) mass is 598 g/mol. The van der Waals surface area contributed by atoms with E-state index in [1.165, 1.54) is 98.1 Å². The first kappa shape index (κ1) is 24.9. The Morgan fingerprint density at radius 1 is 0.370 bits per heavy atom. The maximum absolute atomic E-state index is 2.52. The average molecular weight is 599 g/mol. The highest BCUT2D eigenvalue weighted by molar-refractivity contribution is 7.99. The number of rotatable bonds is 1. The summed E-state index contributed by atoms with van der Waals surface area (Å²) in [5.74, 6) is 0. The Morgan fingerprint density at radius 2 is 1.02 bits per heavy atom. The SMILES string of the molecule is c1ccc2c(c1)Sc1cc(-c3ccc4c(c3)C3(c5ccccc5-4)c4ccccc4-c4ccc5ccccc5c43)cc3cccc-2c13. The smallest absolute Gasteiger partial charge is 0.0731 e. The second-order valence-electron chi connectivity index (χ2n) is 12.8. The number of benzene rings is 8. The summed E-state index contributed by atoms with van der Waals surface area (Å²) in [5, 5.41) is 5.29. The van der Waals surface area contributed by atoms with Crippen molar-refractivity contribution in [1.29, 1.82) is 0 Å². The highest BCUT2D eigenvalue weighted by Gasteiger charge is 2.52. The molecule has 1 spiro atoms. The molecule has 212 valence electrons. The van der Waals surface area contributed by atoms with Crippen molar-refractivity contribution < 1.29 is 0 Å². The fourth-order valence-corrected chi connectivity index (χ4v) is 10.0. The summed E-state index contributed by atoms with van der Waals surface area (Å²) in [4.78, 5) is 2.66. The van der Waals surface area contributed by atoms with Crippen LogP contribution in [0.5, 0.6) is 0 Å². The topological polar surface area (TPSA) is 0 Å². The molecule has 1 unspecified atom stereocenters. The summed E-state index contributed by atoms with van der Waals surface area (Å²) >= 11 is 1.90. The molecule has 1 heteroatoms. The van der Waals surface area contributed by atoms with E-state index in [4.69, 9.17) is 0 Å². The predicted molar refractivity (Wildman–Crippen MR) is 193 cm³/mol. The second kappa shape index (κ2) is 8.88. The maximum atomic E-state index is 2.52. The summed E-state index contributed by atoms with van der Waals surface area (Å²) < 4.78 is 0. The van der Waals surface area contributed by atoms with E-state index >= 15 is 0 Å². The summed E-state index contributed by atoms with van der Waals surface area (Å²) in [6.07, 6.45) is 0. The largest absolute Gasteiger partial charge is 0.0888 e. The zero-order valence-corrected chi connectivity index (χ0v) is 25.7. The van der Waals surface area contributed by atoms with E-state index in [-0.39, 0.29) is 5.41 Å². The zero-order chi connectivity index (χ0) is 30.0. The standard InChI is InChI=1S/C45H26S/c1-2-12-31-27(10-1)20-23-37-33-14-4-7-18-39(33)45(44(31)37)38-17-6-3-13-32(38)34-22-21-28(25-40(34)45)30-24-29-11-9-16-36-35-15-5-8-19-41(35)46-42(26-30)43(29)36/h1-26H. The molecular formula is C45H26S. The van der Waals surface area contributed by atoms with Gasteiger partial charge in [-0.2, -0.15) is 0 Å². The Labute approximate surface area is 272 Å². The van der Waals surface area contributed by atoms with E-state index in [0.29, 0.717) is 0 Å². The predicted octanol–water partition coefficient (Wildman–Crippen LogP) is 12.1. The van der Waals surface area contributed by atoms with Crippen LogP contribution in [0.15, 0.2) is 168 Å². The van der Waals surface area contributed by atoms with Crippen LogP contribution >= 0.6 is 11.8 Å². The van der Waals surface area contributed by atoms with E-state index in [9.17, 15) is 0 Å². The fraction of sp³-hybridized carbons (Fsp3) is 0.0222. The van der Waals surface area contributed by atoms with Crippen LogP contribution in [0.25, 0.3) is 66.1 Å². The van der Waals surface area contributed by atoms with Gasteiger partial charge in [0.1, 0.15) is 0 Å². The Kier molecular flexibility index (Phi) is 4.80. The first-order chi connectivity index (χ1) is 22.8. The van der Waals surface area contributed by atoms with Crippen LogP contribution in [-0.4, -0.2) is 0 Å². The van der Waals surface area contributed by atoms with Crippen molar-refractivity contribution in [2.45, 2.75) is 15.2 Å². The molecule has 46 heavy (non-hydrogen) atoms. The summed E-state index contributed by atoms with van der Waals surface area (Å²) in [6.45, 7) is 0. The van der Waals surface area contributed by atoms with Crippen molar-refractivity contribution in [2.24, 2.45) is 0 Å². The van der Waals surface area contributed by atoms with E-state index in [2.05, 4.69) is 158 Å². The Balaban J connectivity index is 1.22. The molecule has 0 bridgehead atoms. The number of hydrogen-bond donors (Lipinski definition) is 0. The van der Waals surface area contributed by atoms with Gasteiger partial charge in [0.2, 0.25) is 0 Å². The quantitative estimate of drug-likeness (QED) is 0.181. The molecule has 0 saturated heterocycles. The van der Waals surface area contributed by atoms with E-state index in [1.54, 1.807) is 0 Å². The molecule has 0 N–H and O–H groups in total. The first-order valence-electron chi connectivity index (χ1n) is 16.0. The van der Waals surface area contributed by atoms with Crippen molar-refractivity contribution >= 4 is 33.3 Å². The van der Waals surface area contributed by atoms with Gasteiger partial charge in [-0.3, -0.25) is 0 Å². The molecule has 0 saturated carbocycles. The van der Waals surface area contributed by atoms with Gasteiger partial charge >= 0.3 is 0 Å². The molecule has 0 aromatic heterocycles. The van der Waals surface area contributed by atoms with E-state index < -0.39 is 0 Å². The van der Waals surface area contributed by atoms with Gasteiger partial charge < -0.3 is 0 Å². The van der Waals surface area contributed by atoms with E-state index in [0.717, 1.165) is 0 Å². The minimum absolute atomic E-state index is 0.388. The molecule has 8 aromatic rings. The molecule has 0 nitrogen and oxygen atoms in total. The van der Waals surface area contributed by atoms with Gasteiger partial charge in [-0.25, -0.2) is 0 Å². The van der Waals surface area contributed by atoms with Crippen LogP contribution in [0.2, 0.25) is 0 Å². The van der Waals surface area contributed by atoms with Gasteiger partial charge in [0.25, 0.3) is 0 Å². The van der Waals surface area contributed by atoms with Crippen molar-refractivity contribution in [3.8, 4) is 44.5 Å². The molecule has 0 amide bonds. The van der Waals surface area contributed by atoms with Crippen LogP contribution in [0.3, 0.4) is 0 Å². The van der Waals surface area contributed by atoms with Crippen molar-refractivity contribution in [3.63, 3.8) is 0 Å². The second-order valence-corrected chi connectivity index (χ2v) is 13.9. The number of fused-ring (bicyclic) bond motifs is 14. The number of hydrogen-bond acceptors (Lipinski definition) is 1. The molecule has 0 fully saturated rings. The van der Waals surface area contributed by atoms with Crippen LogP contribution in [0.4, 0.5) is 0 Å². The molecule has 3 aliphatic rings. The van der Waals surface area contributed by atoms with Gasteiger partial charge in [-0.1, -0.05) is 145 Å². The third-order valence-electron chi connectivity index (χ3n) is 10.6. The Hall–Kier alpha value is -5.37. The average Bonchev–Trinajstić information content (AvgIpc) is 3.59. The lowest BCUT2D eigenvalue weighted by atomic mass is 9.69. The van der Waals surface area contributed by atoms with Crippen LogP contribution < -0.4 is 0 Å². The summed E-state index contributed by atoms with van der Waals surface area (Å²) in [5.41, 5.74) is 15.7. The minimum Gasteiger partial charge on any atom is -0.0888 e. The minimum atomic E-state index is -0.388. The molecule has 1 aliphatic heterocycles. The van der Waals surface area contributed by atoms with Gasteiger partial charge in [0, 0.05) is 15.2 Å². The van der Waals surface area contributed by atoms with Crippen LogP contribution in [0.1, 0.15) is 22.3 Å². The lowest BCUT2D eigenvalue weighted by Crippen LogP contribution is -2.26.